The Balaban J connectivity index is 0.00000405. The molecule has 5 rings (SSSR count). The summed E-state index contributed by atoms with van der Waals surface area (Å²) in [5.74, 6) is 0.117. The number of rotatable bonds is 10. The summed E-state index contributed by atoms with van der Waals surface area (Å²) in [6, 6.07) is 13.5. The van der Waals surface area contributed by atoms with E-state index in [1.54, 1.807) is 68.5 Å². The molecule has 2 aliphatic rings. The molecule has 3 aromatic rings. The van der Waals surface area contributed by atoms with E-state index in [0.29, 0.717) is 38.3 Å². The molecular formula is C28H30N5NaO6S2. The number of ketones is 2. The summed E-state index contributed by atoms with van der Waals surface area (Å²) in [5, 5.41) is 10.2. The maximum absolute atomic E-state index is 13.0. The van der Waals surface area contributed by atoms with E-state index < -0.39 is 10.4 Å². The Morgan fingerprint density at radius 1 is 0.976 bits per heavy atom. The Hall–Kier alpha value is -2.78. The van der Waals surface area contributed by atoms with E-state index in [-0.39, 0.29) is 59.8 Å². The number of nitrogens with zero attached hydrogens (tertiary/aromatic N) is 5. The van der Waals surface area contributed by atoms with E-state index in [0.717, 1.165) is 32.4 Å². The number of hydrogen-bond donors (Lipinski definition) is 0. The Labute approximate surface area is 270 Å². The first kappa shape index (κ1) is 32.1. The van der Waals surface area contributed by atoms with Gasteiger partial charge in [0, 0.05) is 30.8 Å². The van der Waals surface area contributed by atoms with Crippen molar-refractivity contribution in [3.8, 4) is 0 Å². The predicted octanol–water partition coefficient (Wildman–Crippen LogP) is 5.40. The normalized spacial score (nSPS) is 15.2. The molecule has 0 unspecified atom stereocenters. The Morgan fingerprint density at radius 3 is 2.21 bits per heavy atom. The zero-order valence-corrected chi connectivity index (χ0v) is 24.3. The van der Waals surface area contributed by atoms with Crippen LogP contribution in [0.15, 0.2) is 64.3 Å². The fourth-order valence-corrected chi connectivity index (χ4v) is 6.25. The molecule has 1 aliphatic carbocycles. The summed E-state index contributed by atoms with van der Waals surface area (Å²) >= 11 is 1.26. The van der Waals surface area contributed by atoms with Crippen molar-refractivity contribution >= 4 is 91.3 Å². The van der Waals surface area contributed by atoms with Crippen molar-refractivity contribution in [2.24, 2.45) is 10.2 Å². The molecule has 0 amide bonds. The van der Waals surface area contributed by atoms with Crippen LogP contribution in [0.5, 0.6) is 0 Å². The summed E-state index contributed by atoms with van der Waals surface area (Å²) in [6.45, 7) is 5.19. The van der Waals surface area contributed by atoms with Gasteiger partial charge < -0.3 is 4.90 Å². The van der Waals surface area contributed by atoms with Crippen LogP contribution in [0.4, 0.5) is 22.3 Å². The topological polar surface area (TPSA) is 131 Å². The first-order valence-electron chi connectivity index (χ1n) is 13.3. The van der Waals surface area contributed by atoms with Crippen LogP contribution in [0.3, 0.4) is 0 Å². The van der Waals surface area contributed by atoms with E-state index in [9.17, 15) is 18.0 Å². The minimum absolute atomic E-state index is 0. The molecular weight excluding hydrogens is 589 g/mol. The standard InChI is InChI=1S/C28H29N5O6S2.Na.H/c1-3-33(39-41(36,37)38-4-2)20-14-12-19(13-15-20)30-31-28-29-27(32-16-8-5-9-17-32)24(40-28)18-23-25(34)21-10-6-7-11-22(21)26(23)35;;/h6-7,10-15,18H,3-5,8-9,16-17H2,1-2H3;;. The number of Topliss-reactive ketones (excluding diaryl/α,β-unsaturated/α-hetero) is 2. The molecule has 1 fully saturated rings. The summed E-state index contributed by atoms with van der Waals surface area (Å²) in [4.78, 5) is 33.6. The van der Waals surface area contributed by atoms with Gasteiger partial charge in [-0.25, -0.2) is 9.25 Å². The average molecular weight is 620 g/mol. The van der Waals surface area contributed by atoms with Crippen LogP contribution >= 0.6 is 11.3 Å². The molecule has 1 aliphatic heterocycles. The number of allylic oxidation sites excluding steroid dienone is 1. The second-order valence-corrected chi connectivity index (χ2v) is 11.5. The van der Waals surface area contributed by atoms with Crippen LogP contribution in [0, 0.1) is 0 Å². The molecule has 42 heavy (non-hydrogen) atoms. The van der Waals surface area contributed by atoms with Gasteiger partial charge >= 0.3 is 40.0 Å². The van der Waals surface area contributed by atoms with Crippen molar-refractivity contribution in [3.63, 3.8) is 0 Å². The van der Waals surface area contributed by atoms with Gasteiger partial charge in [0.15, 0.2) is 11.6 Å². The maximum atomic E-state index is 13.0. The second kappa shape index (κ2) is 14.1. The van der Waals surface area contributed by atoms with Crippen LogP contribution in [0.25, 0.3) is 6.08 Å². The van der Waals surface area contributed by atoms with Gasteiger partial charge in [-0.3, -0.25) is 9.59 Å². The van der Waals surface area contributed by atoms with Crippen LogP contribution in [0.2, 0.25) is 0 Å². The number of thiazole rings is 1. The number of benzene rings is 2. The van der Waals surface area contributed by atoms with Crippen molar-refractivity contribution in [1.29, 1.82) is 0 Å². The molecule has 0 spiro atoms. The van der Waals surface area contributed by atoms with E-state index in [2.05, 4.69) is 19.3 Å². The van der Waals surface area contributed by atoms with Gasteiger partial charge in [0.05, 0.1) is 28.4 Å². The molecule has 2 aromatic carbocycles. The Kier molecular flexibility index (Phi) is 10.8. The number of piperidine rings is 1. The predicted molar refractivity (Wildman–Crippen MR) is 164 cm³/mol. The number of hydroxylamine groups is 1. The first-order chi connectivity index (χ1) is 19.8. The molecule has 0 N–H and O–H groups in total. The van der Waals surface area contributed by atoms with E-state index in [1.807, 2.05) is 0 Å². The molecule has 0 radical (unpaired) electrons. The van der Waals surface area contributed by atoms with Crippen LogP contribution in [0.1, 0.15) is 58.7 Å². The summed E-state index contributed by atoms with van der Waals surface area (Å²) < 4.78 is 33.4. The third kappa shape index (κ3) is 7.22. The second-order valence-electron chi connectivity index (χ2n) is 9.29. The van der Waals surface area contributed by atoms with Crippen LogP contribution < -0.4 is 9.96 Å². The number of fused-ring (bicyclic) bond motifs is 1. The monoisotopic (exact) mass is 619 g/mol. The van der Waals surface area contributed by atoms with Crippen molar-refractivity contribution in [1.82, 2.24) is 4.98 Å². The molecule has 1 aromatic heterocycles. The van der Waals surface area contributed by atoms with Gasteiger partial charge in [-0.05, 0) is 63.5 Å². The van der Waals surface area contributed by atoms with Gasteiger partial charge in [0.2, 0.25) is 5.13 Å². The van der Waals surface area contributed by atoms with E-state index in [4.69, 9.17) is 9.27 Å². The molecule has 11 nitrogen and oxygen atoms in total. The third-order valence-corrected chi connectivity index (χ3v) is 8.34. The van der Waals surface area contributed by atoms with Gasteiger partial charge in [0.25, 0.3) is 0 Å². The third-order valence-electron chi connectivity index (χ3n) is 6.58. The zero-order valence-electron chi connectivity index (χ0n) is 22.6. The first-order valence-corrected chi connectivity index (χ1v) is 15.5. The average Bonchev–Trinajstić information content (AvgIpc) is 3.50. The SMILES string of the molecule is CCOS(=O)(=O)ON(CC)c1ccc(N=Nc2nc(N3CCCCC3)c(C=C3C(=O)c4ccccc4C3=O)s2)cc1.[NaH]. The molecule has 1 saturated heterocycles. The molecule has 2 heterocycles. The van der Waals surface area contributed by atoms with Gasteiger partial charge in [-0.2, -0.15) is 13.4 Å². The fraction of sp³-hybridized carbons (Fsp3) is 0.321. The zero-order chi connectivity index (χ0) is 29.0. The Bertz CT molecular complexity index is 1580. The van der Waals surface area contributed by atoms with Crippen molar-refractivity contribution in [2.45, 2.75) is 33.1 Å². The molecule has 0 bridgehead atoms. The van der Waals surface area contributed by atoms with Gasteiger partial charge in [0.1, 0.15) is 5.82 Å². The van der Waals surface area contributed by atoms with Gasteiger partial charge in [-0.1, -0.05) is 35.6 Å². The van der Waals surface area contributed by atoms with Crippen LogP contribution in [-0.2, 0) is 18.9 Å². The van der Waals surface area contributed by atoms with Crippen LogP contribution in [-0.4, -0.2) is 80.8 Å². The number of azo groups is 1. The fourth-order valence-electron chi connectivity index (χ4n) is 4.66. The molecule has 216 valence electrons. The summed E-state index contributed by atoms with van der Waals surface area (Å²) in [6.07, 6.45) is 4.84. The summed E-state index contributed by atoms with van der Waals surface area (Å²) in [7, 11) is -4.16. The Morgan fingerprint density at radius 2 is 1.62 bits per heavy atom. The minimum atomic E-state index is -4.16. The number of anilines is 2. The molecule has 14 heteroatoms. The van der Waals surface area contributed by atoms with E-state index in [1.165, 1.54) is 16.4 Å². The molecule has 0 saturated carbocycles. The quantitative estimate of drug-likeness (QED) is 0.0962. The number of carbonyl (C=O) groups is 2. The van der Waals surface area contributed by atoms with Crippen molar-refractivity contribution in [3.05, 3.63) is 70.1 Å². The summed E-state index contributed by atoms with van der Waals surface area (Å²) in [5.41, 5.74) is 1.97. The van der Waals surface area contributed by atoms with E-state index >= 15 is 0 Å². The number of aromatic nitrogens is 1. The van der Waals surface area contributed by atoms with Gasteiger partial charge in [-0.15, -0.1) is 14.5 Å². The molecule has 0 atom stereocenters. The number of hydrogen-bond acceptors (Lipinski definition) is 12. The van der Waals surface area contributed by atoms with Crippen molar-refractivity contribution in [2.75, 3.05) is 36.2 Å². The number of carbonyl (C=O) groups excluding carboxylic acids is 2. The van der Waals surface area contributed by atoms with Crippen molar-refractivity contribution < 1.29 is 26.5 Å².